The summed E-state index contributed by atoms with van der Waals surface area (Å²) in [5, 5.41) is 19.1. The quantitative estimate of drug-likeness (QED) is 0.393. The van der Waals surface area contributed by atoms with Gasteiger partial charge in [-0.2, -0.15) is 11.8 Å². The van der Waals surface area contributed by atoms with E-state index in [1.165, 1.54) is 0 Å². The van der Waals surface area contributed by atoms with Crippen LogP contribution in [0.4, 0.5) is 0 Å². The maximum absolute atomic E-state index is 13.2. The summed E-state index contributed by atoms with van der Waals surface area (Å²) < 4.78 is 7.39. The SMILES string of the molecule is CSCC[C@@H]1NC(=O)Cc2ccc(cc2)OCCn2cc(nn2)CNC(=O)[C@@H](C)NC(=O)[C@H](C(C)C)NC1=O. The van der Waals surface area contributed by atoms with Gasteiger partial charge >= 0.3 is 0 Å². The molecule has 1 aromatic heterocycles. The molecule has 39 heavy (non-hydrogen) atoms. The Kier molecular flexibility index (Phi) is 11.1. The van der Waals surface area contributed by atoms with Gasteiger partial charge < -0.3 is 26.0 Å². The number of thioether (sulfide) groups is 1. The molecule has 0 radical (unpaired) electrons. The van der Waals surface area contributed by atoms with E-state index in [4.69, 9.17) is 4.74 Å². The van der Waals surface area contributed by atoms with Crippen LogP contribution in [0.15, 0.2) is 30.5 Å². The number of nitrogens with one attached hydrogen (secondary N) is 4. The number of fused-ring (bicyclic) bond motifs is 16. The minimum absolute atomic E-state index is 0.0891. The zero-order valence-corrected chi connectivity index (χ0v) is 23.5. The van der Waals surface area contributed by atoms with Gasteiger partial charge in [-0.25, -0.2) is 4.68 Å². The van der Waals surface area contributed by atoms with E-state index in [-0.39, 0.29) is 24.8 Å². The monoisotopic (exact) mass is 559 g/mol. The van der Waals surface area contributed by atoms with E-state index in [0.29, 0.717) is 36.8 Å². The first-order valence-corrected chi connectivity index (χ1v) is 14.3. The molecule has 2 aliphatic rings. The summed E-state index contributed by atoms with van der Waals surface area (Å²) in [5.41, 5.74) is 1.33. The summed E-state index contributed by atoms with van der Waals surface area (Å²) >= 11 is 1.56. The minimum Gasteiger partial charge on any atom is -0.492 e. The third kappa shape index (κ3) is 9.27. The number of carbonyl (C=O) groups is 4. The molecule has 12 nitrogen and oxygen atoms in total. The molecule has 4 bridgehead atoms. The molecular formula is C26H37N7O5S. The van der Waals surface area contributed by atoms with Crippen LogP contribution < -0.4 is 26.0 Å². The molecule has 0 fully saturated rings. The first kappa shape index (κ1) is 29.9. The van der Waals surface area contributed by atoms with E-state index in [1.54, 1.807) is 67.7 Å². The number of rotatable bonds is 4. The first-order valence-electron chi connectivity index (χ1n) is 12.9. The van der Waals surface area contributed by atoms with Crippen molar-refractivity contribution in [3.8, 4) is 5.75 Å². The Morgan fingerprint density at radius 3 is 2.49 bits per heavy atom. The lowest BCUT2D eigenvalue weighted by molar-refractivity contribution is -0.134. The van der Waals surface area contributed by atoms with Gasteiger partial charge in [0.2, 0.25) is 23.6 Å². The van der Waals surface area contributed by atoms with Gasteiger partial charge in [0.15, 0.2) is 0 Å². The first-order chi connectivity index (χ1) is 18.7. The van der Waals surface area contributed by atoms with E-state index >= 15 is 0 Å². The minimum atomic E-state index is -0.893. The van der Waals surface area contributed by atoms with Crippen LogP contribution in [0.25, 0.3) is 0 Å². The van der Waals surface area contributed by atoms with E-state index in [2.05, 4.69) is 31.6 Å². The lowest BCUT2D eigenvalue weighted by Crippen LogP contribution is -2.57. The Bertz CT molecular complexity index is 1140. The molecule has 0 saturated heterocycles. The Balaban J connectivity index is 1.80. The number of carbonyl (C=O) groups excluding carboxylic acids is 4. The topological polar surface area (TPSA) is 156 Å². The van der Waals surface area contributed by atoms with Crippen LogP contribution in [0.5, 0.6) is 5.75 Å². The number of nitrogens with zero attached hydrogens (tertiary/aromatic N) is 3. The Labute approximate surface area is 232 Å². The Morgan fingerprint density at radius 1 is 1.05 bits per heavy atom. The molecule has 3 heterocycles. The average Bonchev–Trinajstić information content (AvgIpc) is 3.35. The van der Waals surface area contributed by atoms with Gasteiger partial charge in [-0.3, -0.25) is 19.2 Å². The molecule has 1 aromatic carbocycles. The molecule has 0 aliphatic carbocycles. The van der Waals surface area contributed by atoms with Crippen molar-refractivity contribution in [1.82, 2.24) is 36.3 Å². The summed E-state index contributed by atoms with van der Waals surface area (Å²) in [6.45, 7) is 6.11. The Morgan fingerprint density at radius 2 is 1.79 bits per heavy atom. The van der Waals surface area contributed by atoms with E-state index in [1.807, 2.05) is 6.26 Å². The van der Waals surface area contributed by atoms with Crippen LogP contribution in [-0.4, -0.2) is 75.4 Å². The fourth-order valence-electron chi connectivity index (χ4n) is 3.91. The number of aromatic nitrogens is 3. The predicted molar refractivity (Wildman–Crippen MR) is 147 cm³/mol. The van der Waals surface area contributed by atoms with Gasteiger partial charge in [0.05, 0.1) is 25.7 Å². The number of hydrogen-bond acceptors (Lipinski definition) is 8. The van der Waals surface area contributed by atoms with Gasteiger partial charge in [0, 0.05) is 0 Å². The highest BCUT2D eigenvalue weighted by Gasteiger charge is 2.30. The van der Waals surface area contributed by atoms with Crippen molar-refractivity contribution in [3.63, 3.8) is 0 Å². The van der Waals surface area contributed by atoms with Crippen LogP contribution in [0.3, 0.4) is 0 Å². The molecular weight excluding hydrogens is 522 g/mol. The number of hydrogen-bond donors (Lipinski definition) is 4. The normalized spacial score (nSPS) is 21.9. The zero-order chi connectivity index (χ0) is 28.4. The van der Waals surface area contributed by atoms with Gasteiger partial charge in [0.25, 0.3) is 0 Å². The van der Waals surface area contributed by atoms with Crippen LogP contribution >= 0.6 is 11.8 Å². The van der Waals surface area contributed by atoms with Crippen molar-refractivity contribution < 1.29 is 23.9 Å². The highest BCUT2D eigenvalue weighted by atomic mass is 32.2. The highest BCUT2D eigenvalue weighted by Crippen LogP contribution is 2.13. The molecule has 0 unspecified atom stereocenters. The van der Waals surface area contributed by atoms with Crippen molar-refractivity contribution in [1.29, 1.82) is 0 Å². The third-order valence-corrected chi connectivity index (χ3v) is 6.81. The smallest absolute Gasteiger partial charge is 0.243 e. The van der Waals surface area contributed by atoms with E-state index in [9.17, 15) is 19.2 Å². The summed E-state index contributed by atoms with van der Waals surface area (Å²) in [7, 11) is 0. The zero-order valence-electron chi connectivity index (χ0n) is 22.7. The summed E-state index contributed by atoms with van der Waals surface area (Å²) in [6, 6.07) is 4.62. The summed E-state index contributed by atoms with van der Waals surface area (Å²) in [4.78, 5) is 51.7. The summed E-state index contributed by atoms with van der Waals surface area (Å²) in [5.74, 6) is -0.607. The van der Waals surface area contributed by atoms with Crippen molar-refractivity contribution >= 4 is 35.4 Å². The van der Waals surface area contributed by atoms with Crippen LogP contribution in [-0.2, 0) is 38.7 Å². The van der Waals surface area contributed by atoms with Gasteiger partial charge in [-0.1, -0.05) is 31.2 Å². The van der Waals surface area contributed by atoms with E-state index < -0.39 is 35.8 Å². The molecule has 0 saturated carbocycles. The molecule has 0 spiro atoms. The second-order valence-electron chi connectivity index (χ2n) is 9.72. The second-order valence-corrected chi connectivity index (χ2v) is 10.7. The maximum atomic E-state index is 13.2. The predicted octanol–water partition coefficient (Wildman–Crippen LogP) is 0.413. The molecule has 4 N–H and O–H groups in total. The van der Waals surface area contributed by atoms with Gasteiger partial charge in [-0.05, 0) is 49.0 Å². The summed E-state index contributed by atoms with van der Waals surface area (Å²) in [6.07, 6.45) is 4.12. The number of benzene rings is 1. The molecule has 3 atom stereocenters. The van der Waals surface area contributed by atoms with Gasteiger partial charge in [-0.15, -0.1) is 5.10 Å². The van der Waals surface area contributed by atoms with Gasteiger partial charge in [0.1, 0.15) is 36.2 Å². The third-order valence-electron chi connectivity index (χ3n) is 6.17. The molecule has 4 rings (SSSR count). The highest BCUT2D eigenvalue weighted by molar-refractivity contribution is 7.98. The average molecular weight is 560 g/mol. The lowest BCUT2D eigenvalue weighted by Gasteiger charge is -2.26. The molecule has 2 aliphatic heterocycles. The molecule has 2 aromatic rings. The lowest BCUT2D eigenvalue weighted by atomic mass is 10.0. The van der Waals surface area contributed by atoms with Crippen LogP contribution in [0.1, 0.15) is 38.4 Å². The Hall–Kier alpha value is -3.61. The van der Waals surface area contributed by atoms with Crippen molar-refractivity contribution in [2.75, 3.05) is 18.6 Å². The van der Waals surface area contributed by atoms with Crippen molar-refractivity contribution in [2.45, 2.75) is 64.8 Å². The molecule has 4 amide bonds. The van der Waals surface area contributed by atoms with Crippen molar-refractivity contribution in [2.24, 2.45) is 5.92 Å². The van der Waals surface area contributed by atoms with E-state index in [0.717, 1.165) is 5.56 Å². The fourth-order valence-corrected chi connectivity index (χ4v) is 4.38. The number of ether oxygens (including phenoxy) is 1. The number of amides is 4. The van der Waals surface area contributed by atoms with Crippen LogP contribution in [0, 0.1) is 5.92 Å². The van der Waals surface area contributed by atoms with Crippen molar-refractivity contribution in [3.05, 3.63) is 41.7 Å². The maximum Gasteiger partial charge on any atom is 0.243 e. The molecule has 13 heteroatoms. The molecule has 212 valence electrons. The standard InChI is InChI=1S/C26H37N7O5S/c1-16(2)23-26(37)28-17(3)24(35)27-14-19-15-33(32-31-19)10-11-38-20-7-5-18(6-8-20)13-22(34)29-21(9-12-39-4)25(36)30-23/h5-8,15-17,21,23H,9-14H2,1-4H3,(H,27,35)(H,28,37)(H,29,34)(H,30,36)/t17-,21+,23+/m1/s1. The second kappa shape index (κ2) is 14.5. The van der Waals surface area contributed by atoms with Crippen LogP contribution in [0.2, 0.25) is 0 Å². The fraction of sp³-hybridized carbons (Fsp3) is 0.538. The largest absolute Gasteiger partial charge is 0.492 e.